The van der Waals surface area contributed by atoms with Crippen molar-refractivity contribution in [2.24, 2.45) is 4.99 Å². The molecule has 0 saturated heterocycles. The lowest BCUT2D eigenvalue weighted by Crippen LogP contribution is -2.39. The van der Waals surface area contributed by atoms with Crippen LogP contribution >= 0.6 is 24.0 Å². The molecule has 0 fully saturated rings. The van der Waals surface area contributed by atoms with E-state index in [1.54, 1.807) is 7.05 Å². The molecule has 0 spiro atoms. The van der Waals surface area contributed by atoms with Gasteiger partial charge in [-0.2, -0.15) is 0 Å². The molecule has 1 rings (SSSR count). The van der Waals surface area contributed by atoms with Gasteiger partial charge in [-0.15, -0.1) is 24.0 Å². The van der Waals surface area contributed by atoms with Crippen LogP contribution in [0.2, 0.25) is 0 Å². The summed E-state index contributed by atoms with van der Waals surface area (Å²) >= 11 is 0. The molecule has 0 aromatic heterocycles. The number of nitrogens with one attached hydrogen (secondary N) is 2. The van der Waals surface area contributed by atoms with Crippen LogP contribution in [0.1, 0.15) is 19.8 Å². The van der Waals surface area contributed by atoms with Gasteiger partial charge in [0.2, 0.25) is 0 Å². The molecule has 4 nitrogen and oxygen atoms in total. The van der Waals surface area contributed by atoms with Crippen molar-refractivity contribution in [3.05, 3.63) is 29.8 Å². The normalized spacial score (nSPS) is 10.8. The van der Waals surface area contributed by atoms with E-state index in [1.807, 2.05) is 0 Å². The fraction of sp³-hybridized carbons (Fsp3) is 0.500. The van der Waals surface area contributed by atoms with Crippen LogP contribution in [0.15, 0.2) is 23.2 Å². The Bertz CT molecular complexity index is 444. The van der Waals surface area contributed by atoms with Crippen LogP contribution in [0.4, 0.5) is 8.78 Å². The van der Waals surface area contributed by atoms with E-state index in [9.17, 15) is 8.78 Å². The first kappa shape index (κ1) is 19.9. The largest absolute Gasteiger partial charge is 0.489 e. The van der Waals surface area contributed by atoms with Crippen LogP contribution in [-0.4, -0.2) is 32.7 Å². The standard InChI is InChI=1S/C14H21F2N3O.HI/c1-3-4-7-18-14(17-2)19-8-9-20-13-6-5-11(15)10-12(13)16;/h5-6,10H,3-4,7-9H2,1-2H3,(H2,17,18,19);1H. The lowest BCUT2D eigenvalue weighted by Gasteiger charge is -2.12. The number of hydrogen-bond donors (Lipinski definition) is 2. The molecule has 120 valence electrons. The number of nitrogens with zero attached hydrogens (tertiary/aromatic N) is 1. The van der Waals surface area contributed by atoms with E-state index in [1.165, 1.54) is 6.07 Å². The molecule has 0 heterocycles. The van der Waals surface area contributed by atoms with Crippen molar-refractivity contribution in [2.45, 2.75) is 19.8 Å². The van der Waals surface area contributed by atoms with Crippen molar-refractivity contribution < 1.29 is 13.5 Å². The Morgan fingerprint density at radius 1 is 1.24 bits per heavy atom. The molecule has 0 bridgehead atoms. The number of benzene rings is 1. The number of aliphatic imine (C=N–C) groups is 1. The molecule has 0 aliphatic carbocycles. The molecule has 0 saturated carbocycles. The Kier molecular flexibility index (Phi) is 10.9. The van der Waals surface area contributed by atoms with Crippen LogP contribution in [0.5, 0.6) is 5.75 Å². The summed E-state index contributed by atoms with van der Waals surface area (Å²) in [6, 6.07) is 3.24. The van der Waals surface area contributed by atoms with E-state index in [-0.39, 0.29) is 36.3 Å². The van der Waals surface area contributed by atoms with Gasteiger partial charge in [0.1, 0.15) is 12.4 Å². The van der Waals surface area contributed by atoms with Crippen LogP contribution < -0.4 is 15.4 Å². The fourth-order valence-corrected chi connectivity index (χ4v) is 1.53. The molecule has 21 heavy (non-hydrogen) atoms. The second-order valence-electron chi connectivity index (χ2n) is 4.20. The number of ether oxygens (including phenoxy) is 1. The third-order valence-corrected chi connectivity index (χ3v) is 2.59. The average molecular weight is 413 g/mol. The zero-order valence-electron chi connectivity index (χ0n) is 12.3. The van der Waals surface area contributed by atoms with E-state index < -0.39 is 11.6 Å². The first-order valence-corrected chi connectivity index (χ1v) is 6.69. The average Bonchev–Trinajstić information content (AvgIpc) is 2.43. The summed E-state index contributed by atoms with van der Waals surface area (Å²) in [6.45, 7) is 3.70. The van der Waals surface area contributed by atoms with Gasteiger partial charge in [0.05, 0.1) is 6.54 Å². The van der Waals surface area contributed by atoms with Crippen LogP contribution in [-0.2, 0) is 0 Å². The maximum absolute atomic E-state index is 13.3. The molecule has 0 aliphatic heterocycles. The molecule has 2 N–H and O–H groups in total. The Hall–Kier alpha value is -1.12. The van der Waals surface area contributed by atoms with Gasteiger partial charge in [-0.25, -0.2) is 8.78 Å². The van der Waals surface area contributed by atoms with Gasteiger partial charge in [0.15, 0.2) is 17.5 Å². The zero-order valence-corrected chi connectivity index (χ0v) is 14.6. The quantitative estimate of drug-likeness (QED) is 0.313. The van der Waals surface area contributed by atoms with Crippen molar-refractivity contribution in [2.75, 3.05) is 26.7 Å². The number of rotatable bonds is 7. The first-order chi connectivity index (χ1) is 9.67. The molecule has 0 unspecified atom stereocenters. The van der Waals surface area contributed by atoms with E-state index in [0.717, 1.165) is 31.5 Å². The number of halogens is 3. The lowest BCUT2D eigenvalue weighted by atomic mass is 10.3. The van der Waals surface area contributed by atoms with Crippen LogP contribution in [0.25, 0.3) is 0 Å². The highest BCUT2D eigenvalue weighted by Gasteiger charge is 2.04. The van der Waals surface area contributed by atoms with Crippen molar-refractivity contribution in [3.8, 4) is 5.75 Å². The summed E-state index contributed by atoms with van der Waals surface area (Å²) in [6.07, 6.45) is 2.18. The van der Waals surface area contributed by atoms with Gasteiger partial charge in [-0.3, -0.25) is 4.99 Å². The molecule has 7 heteroatoms. The van der Waals surface area contributed by atoms with Gasteiger partial charge in [-0.1, -0.05) is 13.3 Å². The van der Waals surface area contributed by atoms with Crippen molar-refractivity contribution in [1.82, 2.24) is 10.6 Å². The second kappa shape index (κ2) is 11.5. The zero-order chi connectivity index (χ0) is 14.8. The fourth-order valence-electron chi connectivity index (χ4n) is 1.53. The molecule has 0 atom stereocenters. The van der Waals surface area contributed by atoms with Crippen LogP contribution in [0.3, 0.4) is 0 Å². The maximum Gasteiger partial charge on any atom is 0.191 e. The molecule has 1 aromatic carbocycles. The predicted molar refractivity (Wildman–Crippen MR) is 91.5 cm³/mol. The minimum Gasteiger partial charge on any atom is -0.489 e. The highest BCUT2D eigenvalue weighted by molar-refractivity contribution is 14.0. The molecular weight excluding hydrogens is 391 g/mol. The number of unbranched alkanes of at least 4 members (excludes halogenated alkanes) is 1. The predicted octanol–water partition coefficient (Wildman–Crippen LogP) is 2.93. The van der Waals surface area contributed by atoms with Gasteiger partial charge >= 0.3 is 0 Å². The van der Waals surface area contributed by atoms with E-state index in [4.69, 9.17) is 4.74 Å². The third kappa shape index (κ3) is 8.03. The molecular formula is C14H22F2IN3O. The van der Waals surface area contributed by atoms with E-state index in [2.05, 4.69) is 22.5 Å². The SMILES string of the molecule is CCCCNC(=NC)NCCOc1ccc(F)cc1F.I. The van der Waals surface area contributed by atoms with E-state index in [0.29, 0.717) is 12.5 Å². The highest BCUT2D eigenvalue weighted by atomic mass is 127. The second-order valence-corrected chi connectivity index (χ2v) is 4.20. The summed E-state index contributed by atoms with van der Waals surface area (Å²) in [5, 5.41) is 6.19. The monoisotopic (exact) mass is 413 g/mol. The Labute approximate surface area is 141 Å². The number of guanidine groups is 1. The molecule has 1 aromatic rings. The van der Waals surface area contributed by atoms with Gasteiger partial charge < -0.3 is 15.4 Å². The van der Waals surface area contributed by atoms with Gasteiger partial charge in [0, 0.05) is 19.7 Å². The summed E-state index contributed by atoms with van der Waals surface area (Å²) in [5.41, 5.74) is 0. The van der Waals surface area contributed by atoms with Gasteiger partial charge in [-0.05, 0) is 18.6 Å². The summed E-state index contributed by atoms with van der Waals surface area (Å²) in [7, 11) is 1.68. The summed E-state index contributed by atoms with van der Waals surface area (Å²) in [4.78, 5) is 4.05. The smallest absolute Gasteiger partial charge is 0.191 e. The first-order valence-electron chi connectivity index (χ1n) is 6.69. The Morgan fingerprint density at radius 2 is 1.95 bits per heavy atom. The Morgan fingerprint density at radius 3 is 2.57 bits per heavy atom. The van der Waals surface area contributed by atoms with E-state index >= 15 is 0 Å². The number of hydrogen-bond acceptors (Lipinski definition) is 2. The van der Waals surface area contributed by atoms with Crippen molar-refractivity contribution in [3.63, 3.8) is 0 Å². The molecule has 0 radical (unpaired) electrons. The molecule has 0 amide bonds. The van der Waals surface area contributed by atoms with Crippen molar-refractivity contribution in [1.29, 1.82) is 0 Å². The highest BCUT2D eigenvalue weighted by Crippen LogP contribution is 2.17. The lowest BCUT2D eigenvalue weighted by molar-refractivity contribution is 0.304. The van der Waals surface area contributed by atoms with Crippen molar-refractivity contribution >= 4 is 29.9 Å². The summed E-state index contributed by atoms with van der Waals surface area (Å²) in [5.74, 6) is -0.590. The van der Waals surface area contributed by atoms with Crippen LogP contribution in [0, 0.1) is 11.6 Å². The summed E-state index contributed by atoms with van der Waals surface area (Å²) < 4.78 is 31.2. The minimum absolute atomic E-state index is 0. The Balaban J connectivity index is 0.00000400. The third-order valence-electron chi connectivity index (χ3n) is 2.59. The molecule has 0 aliphatic rings. The maximum atomic E-state index is 13.3. The minimum atomic E-state index is -0.699. The van der Waals surface area contributed by atoms with Gasteiger partial charge in [0.25, 0.3) is 0 Å². The topological polar surface area (TPSA) is 45.7 Å².